The maximum Gasteiger partial charge on any atom is 0.256 e. The summed E-state index contributed by atoms with van der Waals surface area (Å²) in [5, 5.41) is 2.09. The second kappa shape index (κ2) is 7.01. The lowest BCUT2D eigenvalue weighted by Gasteiger charge is -2.37. The van der Waals surface area contributed by atoms with Gasteiger partial charge in [-0.05, 0) is 48.9 Å². The number of aromatic nitrogens is 1. The van der Waals surface area contributed by atoms with Crippen molar-refractivity contribution in [2.75, 3.05) is 6.54 Å². The van der Waals surface area contributed by atoms with E-state index in [0.29, 0.717) is 12.1 Å². The van der Waals surface area contributed by atoms with Gasteiger partial charge in [0.15, 0.2) is 0 Å². The summed E-state index contributed by atoms with van der Waals surface area (Å²) in [6.07, 6.45) is 8.48. The number of allylic oxidation sites excluding steroid dienone is 2. The SMILES string of the molecule is C/C=C\C(=C/C)C1c2ccsc2CCN1C(=O)c1ccc(=O)[nH]c1. The van der Waals surface area contributed by atoms with Crippen LogP contribution in [0.4, 0.5) is 0 Å². The Morgan fingerprint density at radius 2 is 2.17 bits per heavy atom. The molecule has 3 rings (SSSR count). The summed E-state index contributed by atoms with van der Waals surface area (Å²) in [6, 6.07) is 5.02. The first-order valence-electron chi connectivity index (χ1n) is 8.00. The van der Waals surface area contributed by atoms with Crippen LogP contribution in [-0.2, 0) is 6.42 Å². The number of amides is 1. The Labute approximate surface area is 145 Å². The van der Waals surface area contributed by atoms with Crippen LogP contribution in [0.15, 0.2) is 58.4 Å². The first-order chi connectivity index (χ1) is 11.7. The van der Waals surface area contributed by atoms with E-state index in [9.17, 15) is 9.59 Å². The largest absolute Gasteiger partial charge is 0.328 e. The second-order valence-electron chi connectivity index (χ2n) is 5.68. The molecule has 24 heavy (non-hydrogen) atoms. The number of rotatable bonds is 3. The molecule has 1 aliphatic rings. The third kappa shape index (κ3) is 2.99. The van der Waals surface area contributed by atoms with Crippen molar-refractivity contribution >= 4 is 17.2 Å². The van der Waals surface area contributed by atoms with E-state index < -0.39 is 0 Å². The molecule has 0 saturated heterocycles. The molecule has 5 heteroatoms. The molecule has 1 aliphatic heterocycles. The molecule has 2 aromatic heterocycles. The summed E-state index contributed by atoms with van der Waals surface area (Å²) in [7, 11) is 0. The zero-order valence-electron chi connectivity index (χ0n) is 13.8. The third-order valence-electron chi connectivity index (χ3n) is 4.27. The van der Waals surface area contributed by atoms with E-state index in [1.807, 2.05) is 24.8 Å². The highest BCUT2D eigenvalue weighted by Gasteiger charge is 2.33. The van der Waals surface area contributed by atoms with Crippen LogP contribution in [0, 0.1) is 0 Å². The summed E-state index contributed by atoms with van der Waals surface area (Å²) < 4.78 is 0. The number of nitrogens with one attached hydrogen (secondary N) is 1. The van der Waals surface area contributed by atoms with E-state index in [0.717, 1.165) is 12.0 Å². The number of carbonyl (C=O) groups excluding carboxylic acids is 1. The Balaban J connectivity index is 2.03. The predicted molar refractivity (Wildman–Crippen MR) is 97.4 cm³/mol. The summed E-state index contributed by atoms with van der Waals surface area (Å²) in [5.41, 5.74) is 2.61. The zero-order chi connectivity index (χ0) is 17.1. The van der Waals surface area contributed by atoms with Crippen LogP contribution in [0.2, 0.25) is 0 Å². The van der Waals surface area contributed by atoms with Gasteiger partial charge < -0.3 is 9.88 Å². The fourth-order valence-corrected chi connectivity index (χ4v) is 4.05. The minimum Gasteiger partial charge on any atom is -0.328 e. The normalized spacial score (nSPS) is 18.0. The van der Waals surface area contributed by atoms with E-state index in [2.05, 4.69) is 28.6 Å². The molecule has 0 spiro atoms. The van der Waals surface area contributed by atoms with Crippen LogP contribution >= 0.6 is 11.3 Å². The number of hydrogen-bond acceptors (Lipinski definition) is 3. The number of hydrogen-bond donors (Lipinski definition) is 1. The first kappa shape index (κ1) is 16.5. The minimum atomic E-state index is -0.204. The highest BCUT2D eigenvalue weighted by Crippen LogP contribution is 2.39. The molecule has 0 saturated carbocycles. The molecular formula is C19H20N2O2S. The molecule has 124 valence electrons. The van der Waals surface area contributed by atoms with Crippen LogP contribution in [-0.4, -0.2) is 22.3 Å². The zero-order valence-corrected chi connectivity index (χ0v) is 14.6. The van der Waals surface area contributed by atoms with Crippen molar-refractivity contribution < 1.29 is 4.79 Å². The molecule has 1 atom stereocenters. The summed E-state index contributed by atoms with van der Waals surface area (Å²) in [6.45, 7) is 4.65. The van der Waals surface area contributed by atoms with Gasteiger partial charge in [-0.2, -0.15) is 0 Å². The standard InChI is InChI=1S/C19H20N2O2S/c1-3-5-13(4-2)18-15-9-11-24-16(15)8-10-21(18)19(23)14-6-7-17(22)20-12-14/h3-7,9,11-12,18H,8,10H2,1-2H3,(H,20,22)/b5-3-,13-4+. The fraction of sp³-hybridized carbons (Fsp3) is 0.263. The van der Waals surface area contributed by atoms with Gasteiger partial charge in [0, 0.05) is 23.7 Å². The van der Waals surface area contributed by atoms with Crippen molar-refractivity contribution in [1.82, 2.24) is 9.88 Å². The van der Waals surface area contributed by atoms with E-state index in [4.69, 9.17) is 0 Å². The number of carbonyl (C=O) groups is 1. The molecule has 1 N–H and O–H groups in total. The molecule has 0 radical (unpaired) electrons. The predicted octanol–water partition coefficient (Wildman–Crippen LogP) is 3.70. The summed E-state index contributed by atoms with van der Waals surface area (Å²) in [4.78, 5) is 30.1. The number of fused-ring (bicyclic) bond motifs is 1. The lowest BCUT2D eigenvalue weighted by Crippen LogP contribution is -2.40. The van der Waals surface area contributed by atoms with Gasteiger partial charge in [0.2, 0.25) is 5.56 Å². The van der Waals surface area contributed by atoms with Gasteiger partial charge in [-0.1, -0.05) is 18.2 Å². The molecule has 0 aromatic carbocycles. The number of nitrogens with zero attached hydrogens (tertiary/aromatic N) is 1. The fourth-order valence-electron chi connectivity index (χ4n) is 3.14. The minimum absolute atomic E-state index is 0.0584. The quantitative estimate of drug-likeness (QED) is 0.866. The highest BCUT2D eigenvalue weighted by molar-refractivity contribution is 7.10. The highest BCUT2D eigenvalue weighted by atomic mass is 32.1. The molecule has 3 heterocycles. The average Bonchev–Trinajstić information content (AvgIpc) is 3.08. The number of thiophene rings is 1. The van der Waals surface area contributed by atoms with Crippen LogP contribution in [0.3, 0.4) is 0 Å². The van der Waals surface area contributed by atoms with Crippen molar-refractivity contribution in [1.29, 1.82) is 0 Å². The Morgan fingerprint density at radius 1 is 1.33 bits per heavy atom. The summed E-state index contributed by atoms with van der Waals surface area (Å²) in [5.74, 6) is -0.0584. The van der Waals surface area contributed by atoms with Crippen molar-refractivity contribution in [3.05, 3.63) is 79.9 Å². The third-order valence-corrected chi connectivity index (χ3v) is 5.26. The Kier molecular flexibility index (Phi) is 4.81. The van der Waals surface area contributed by atoms with Crippen LogP contribution in [0.5, 0.6) is 0 Å². The Hall–Kier alpha value is -2.40. The molecule has 0 aliphatic carbocycles. The van der Waals surface area contributed by atoms with Crippen molar-refractivity contribution in [2.45, 2.75) is 26.3 Å². The lowest BCUT2D eigenvalue weighted by atomic mass is 9.92. The molecule has 0 bridgehead atoms. The van der Waals surface area contributed by atoms with Crippen LogP contribution in [0.1, 0.15) is 40.7 Å². The van der Waals surface area contributed by atoms with E-state index in [-0.39, 0.29) is 17.5 Å². The first-order valence-corrected chi connectivity index (χ1v) is 8.88. The molecule has 1 amide bonds. The van der Waals surface area contributed by atoms with Gasteiger partial charge in [-0.15, -0.1) is 11.3 Å². The Morgan fingerprint density at radius 3 is 2.83 bits per heavy atom. The molecular weight excluding hydrogens is 320 g/mol. The van der Waals surface area contributed by atoms with Crippen molar-refractivity contribution in [3.8, 4) is 0 Å². The topological polar surface area (TPSA) is 53.2 Å². The second-order valence-corrected chi connectivity index (χ2v) is 6.68. The van der Waals surface area contributed by atoms with Gasteiger partial charge >= 0.3 is 0 Å². The van der Waals surface area contributed by atoms with Crippen molar-refractivity contribution in [3.63, 3.8) is 0 Å². The summed E-state index contributed by atoms with van der Waals surface area (Å²) >= 11 is 1.75. The molecule has 1 unspecified atom stereocenters. The number of H-pyrrole nitrogens is 1. The van der Waals surface area contributed by atoms with Gasteiger partial charge in [0.1, 0.15) is 0 Å². The lowest BCUT2D eigenvalue weighted by molar-refractivity contribution is 0.0695. The maximum absolute atomic E-state index is 13.0. The average molecular weight is 340 g/mol. The molecule has 2 aromatic rings. The van der Waals surface area contributed by atoms with Gasteiger partial charge in [-0.25, -0.2) is 0 Å². The number of aromatic amines is 1. The van der Waals surface area contributed by atoms with E-state index in [1.165, 1.54) is 22.7 Å². The maximum atomic E-state index is 13.0. The van der Waals surface area contributed by atoms with Crippen molar-refractivity contribution in [2.24, 2.45) is 0 Å². The molecule has 4 nitrogen and oxygen atoms in total. The number of pyridine rings is 1. The van der Waals surface area contributed by atoms with Gasteiger partial charge in [-0.3, -0.25) is 9.59 Å². The van der Waals surface area contributed by atoms with E-state index >= 15 is 0 Å². The molecule has 0 fully saturated rings. The van der Waals surface area contributed by atoms with Crippen LogP contribution in [0.25, 0.3) is 0 Å². The Bertz CT molecular complexity index is 840. The smallest absolute Gasteiger partial charge is 0.256 e. The van der Waals surface area contributed by atoms with Gasteiger partial charge in [0.25, 0.3) is 5.91 Å². The van der Waals surface area contributed by atoms with E-state index in [1.54, 1.807) is 17.4 Å². The monoisotopic (exact) mass is 340 g/mol. The van der Waals surface area contributed by atoms with Crippen LogP contribution < -0.4 is 5.56 Å². The van der Waals surface area contributed by atoms with Gasteiger partial charge in [0.05, 0.1) is 11.6 Å².